The van der Waals surface area contributed by atoms with E-state index in [-0.39, 0.29) is 18.4 Å². The van der Waals surface area contributed by atoms with E-state index in [1.807, 2.05) is 24.3 Å². The molecule has 0 amide bonds. The van der Waals surface area contributed by atoms with Crippen molar-refractivity contribution in [2.75, 3.05) is 13.1 Å². The van der Waals surface area contributed by atoms with E-state index in [1.165, 1.54) is 0 Å². The second kappa shape index (κ2) is 5.07. The van der Waals surface area contributed by atoms with Gasteiger partial charge in [-0.1, -0.05) is 29.8 Å². The van der Waals surface area contributed by atoms with Gasteiger partial charge in [-0.15, -0.1) is 0 Å². The molecule has 1 atom stereocenters. The normalized spacial score (nSPS) is 18.7. The number of carboxylic acids is 1. The Kier molecular flexibility index (Phi) is 3.69. The van der Waals surface area contributed by atoms with Gasteiger partial charge >= 0.3 is 5.97 Å². The first-order valence-electron chi connectivity index (χ1n) is 5.78. The van der Waals surface area contributed by atoms with Crippen molar-refractivity contribution in [1.29, 1.82) is 0 Å². The van der Waals surface area contributed by atoms with E-state index < -0.39 is 5.97 Å². The van der Waals surface area contributed by atoms with Crippen LogP contribution in [-0.2, 0) is 4.79 Å². The predicted octanol–water partition coefficient (Wildman–Crippen LogP) is 2.81. The molecule has 0 radical (unpaired) electrons. The zero-order valence-corrected chi connectivity index (χ0v) is 10.5. The first kappa shape index (κ1) is 12.4. The van der Waals surface area contributed by atoms with Crippen molar-refractivity contribution >= 4 is 17.6 Å². The minimum Gasteiger partial charge on any atom is -0.481 e. The lowest BCUT2D eigenvalue weighted by Gasteiger charge is -2.43. The van der Waals surface area contributed by atoms with Crippen LogP contribution in [0.4, 0.5) is 0 Å². The van der Waals surface area contributed by atoms with Crippen LogP contribution in [0.1, 0.15) is 24.9 Å². The molecule has 4 heteroatoms. The van der Waals surface area contributed by atoms with Gasteiger partial charge in [-0.05, 0) is 24.5 Å². The zero-order valence-electron chi connectivity index (χ0n) is 9.77. The van der Waals surface area contributed by atoms with Crippen LogP contribution < -0.4 is 0 Å². The average molecular weight is 254 g/mol. The number of nitrogens with zero attached hydrogens (tertiary/aromatic N) is 1. The molecule has 0 saturated carbocycles. The molecule has 1 heterocycles. The number of carbonyl (C=O) groups is 1. The molecule has 92 valence electrons. The van der Waals surface area contributed by atoms with E-state index in [9.17, 15) is 4.79 Å². The van der Waals surface area contributed by atoms with Gasteiger partial charge in [-0.2, -0.15) is 0 Å². The lowest BCUT2D eigenvalue weighted by molar-refractivity contribution is -0.139. The quantitative estimate of drug-likeness (QED) is 0.897. The van der Waals surface area contributed by atoms with Crippen LogP contribution in [-0.4, -0.2) is 29.1 Å². The van der Waals surface area contributed by atoms with E-state index in [0.717, 1.165) is 23.7 Å². The van der Waals surface area contributed by atoms with Gasteiger partial charge in [-0.25, -0.2) is 0 Å². The highest BCUT2D eigenvalue weighted by Gasteiger charge is 2.32. The van der Waals surface area contributed by atoms with E-state index in [0.29, 0.717) is 0 Å². The summed E-state index contributed by atoms with van der Waals surface area (Å²) in [5.41, 5.74) is 1.11. The van der Waals surface area contributed by atoms with Crippen LogP contribution in [0.5, 0.6) is 0 Å². The molecule has 1 saturated heterocycles. The van der Waals surface area contributed by atoms with Crippen molar-refractivity contribution in [3.8, 4) is 0 Å². The Morgan fingerprint density at radius 3 is 2.76 bits per heavy atom. The fourth-order valence-electron chi connectivity index (χ4n) is 2.31. The highest BCUT2D eigenvalue weighted by atomic mass is 35.5. The molecule has 2 rings (SSSR count). The summed E-state index contributed by atoms with van der Waals surface area (Å²) in [6, 6.07) is 8.07. The molecule has 17 heavy (non-hydrogen) atoms. The van der Waals surface area contributed by atoms with Gasteiger partial charge in [0.1, 0.15) is 0 Å². The fourth-order valence-corrected chi connectivity index (χ4v) is 2.61. The topological polar surface area (TPSA) is 40.5 Å². The number of aliphatic carboxylic acids is 1. The summed E-state index contributed by atoms with van der Waals surface area (Å²) < 4.78 is 0. The van der Waals surface area contributed by atoms with E-state index in [4.69, 9.17) is 16.7 Å². The molecular formula is C13H16ClNO2. The third kappa shape index (κ3) is 2.79. The Morgan fingerprint density at radius 1 is 1.53 bits per heavy atom. The Morgan fingerprint density at radius 2 is 2.18 bits per heavy atom. The van der Waals surface area contributed by atoms with Crippen LogP contribution in [0, 0.1) is 5.92 Å². The standard InChI is InChI=1S/C13H16ClNO2/c1-9(11-4-2-3-5-12(11)14)15-7-10(8-15)6-13(16)17/h2-5,9-10H,6-8H2,1H3,(H,16,17). The molecule has 1 N–H and O–H groups in total. The van der Waals surface area contributed by atoms with Gasteiger partial charge < -0.3 is 5.11 Å². The Hall–Kier alpha value is -1.06. The molecule has 0 bridgehead atoms. The van der Waals surface area contributed by atoms with Crippen LogP contribution in [0.3, 0.4) is 0 Å². The summed E-state index contributed by atoms with van der Waals surface area (Å²) in [6.45, 7) is 3.80. The third-order valence-electron chi connectivity index (χ3n) is 3.35. The highest BCUT2D eigenvalue weighted by Crippen LogP contribution is 2.33. The second-order valence-electron chi connectivity index (χ2n) is 4.62. The van der Waals surface area contributed by atoms with Gasteiger partial charge in [0.2, 0.25) is 0 Å². The van der Waals surface area contributed by atoms with Crippen LogP contribution >= 0.6 is 11.6 Å². The minimum absolute atomic E-state index is 0.258. The summed E-state index contributed by atoms with van der Waals surface area (Å²) in [6.07, 6.45) is 0.270. The van der Waals surface area contributed by atoms with Crippen molar-refractivity contribution in [3.05, 3.63) is 34.9 Å². The second-order valence-corrected chi connectivity index (χ2v) is 5.02. The summed E-state index contributed by atoms with van der Waals surface area (Å²) in [5.74, 6) is -0.419. The molecule has 1 unspecified atom stereocenters. The number of hydrogen-bond donors (Lipinski definition) is 1. The number of rotatable bonds is 4. The average Bonchev–Trinajstić information content (AvgIpc) is 2.22. The van der Waals surface area contributed by atoms with Gasteiger partial charge in [0.05, 0.1) is 6.42 Å². The highest BCUT2D eigenvalue weighted by molar-refractivity contribution is 6.31. The number of carboxylic acid groups (broad SMARTS) is 1. The smallest absolute Gasteiger partial charge is 0.303 e. The van der Waals surface area contributed by atoms with Crippen molar-refractivity contribution in [2.24, 2.45) is 5.92 Å². The molecule has 0 spiro atoms. The zero-order chi connectivity index (χ0) is 12.4. The van der Waals surface area contributed by atoms with Gasteiger partial charge in [0, 0.05) is 24.2 Å². The van der Waals surface area contributed by atoms with E-state index in [1.54, 1.807) is 0 Å². The van der Waals surface area contributed by atoms with E-state index in [2.05, 4.69) is 11.8 Å². The van der Waals surface area contributed by atoms with Gasteiger partial charge in [0.15, 0.2) is 0 Å². The van der Waals surface area contributed by atoms with Gasteiger partial charge in [-0.3, -0.25) is 9.69 Å². The van der Waals surface area contributed by atoms with Crippen LogP contribution in [0.25, 0.3) is 0 Å². The minimum atomic E-state index is -0.708. The summed E-state index contributed by atoms with van der Waals surface area (Å²) in [5, 5.41) is 9.47. The molecule has 1 aromatic rings. The molecule has 1 aliphatic heterocycles. The first-order valence-corrected chi connectivity index (χ1v) is 6.16. The number of hydrogen-bond acceptors (Lipinski definition) is 2. The Labute approximate surface area is 106 Å². The lowest BCUT2D eigenvalue weighted by atomic mass is 9.92. The van der Waals surface area contributed by atoms with Crippen molar-refractivity contribution in [2.45, 2.75) is 19.4 Å². The predicted molar refractivity (Wildman–Crippen MR) is 67.2 cm³/mol. The number of benzene rings is 1. The molecular weight excluding hydrogens is 238 g/mol. The molecule has 0 aromatic heterocycles. The van der Waals surface area contributed by atoms with Crippen LogP contribution in [0.2, 0.25) is 5.02 Å². The third-order valence-corrected chi connectivity index (χ3v) is 3.70. The maximum absolute atomic E-state index is 10.6. The molecule has 1 aromatic carbocycles. The molecule has 3 nitrogen and oxygen atoms in total. The molecule has 0 aliphatic carbocycles. The van der Waals surface area contributed by atoms with Crippen molar-refractivity contribution < 1.29 is 9.90 Å². The SMILES string of the molecule is CC(c1ccccc1Cl)N1CC(CC(=O)O)C1. The fraction of sp³-hybridized carbons (Fsp3) is 0.462. The van der Waals surface area contributed by atoms with Crippen LogP contribution in [0.15, 0.2) is 24.3 Å². The Balaban J connectivity index is 1.93. The largest absolute Gasteiger partial charge is 0.481 e. The summed E-state index contributed by atoms with van der Waals surface area (Å²) >= 11 is 6.14. The van der Waals surface area contributed by atoms with Crippen molar-refractivity contribution in [1.82, 2.24) is 4.90 Å². The maximum atomic E-state index is 10.6. The molecule has 1 aliphatic rings. The number of halogens is 1. The maximum Gasteiger partial charge on any atom is 0.303 e. The Bertz CT molecular complexity index is 416. The molecule has 1 fully saturated rings. The first-order chi connectivity index (χ1) is 8.08. The monoisotopic (exact) mass is 253 g/mol. The summed E-state index contributed by atoms with van der Waals surface area (Å²) in [4.78, 5) is 12.8. The summed E-state index contributed by atoms with van der Waals surface area (Å²) in [7, 11) is 0. The van der Waals surface area contributed by atoms with Gasteiger partial charge in [0.25, 0.3) is 0 Å². The van der Waals surface area contributed by atoms with Crippen molar-refractivity contribution in [3.63, 3.8) is 0 Å². The van der Waals surface area contributed by atoms with E-state index >= 15 is 0 Å². The lowest BCUT2D eigenvalue weighted by Crippen LogP contribution is -2.48. The number of likely N-dealkylation sites (tertiary alicyclic amines) is 1.